The van der Waals surface area contributed by atoms with Gasteiger partial charge in [-0.15, -0.1) is 5.10 Å². The van der Waals surface area contributed by atoms with Gasteiger partial charge in [0.25, 0.3) is 0 Å². The average Bonchev–Trinajstić information content (AvgIpc) is 3.75. The van der Waals surface area contributed by atoms with Crippen LogP contribution in [0.15, 0.2) is 158 Å². The van der Waals surface area contributed by atoms with Crippen molar-refractivity contribution in [2.45, 2.75) is 97.8 Å². The Morgan fingerprint density at radius 2 is 1.08 bits per heavy atom. The molecule has 3 heterocycles. The Balaban J connectivity index is 1.24. The summed E-state index contributed by atoms with van der Waals surface area (Å²) >= 11 is 0. The van der Waals surface area contributed by atoms with E-state index >= 15 is 0 Å². The molecule has 0 aliphatic carbocycles. The molecule has 0 atom stereocenters. The second-order valence-corrected chi connectivity index (χ2v) is 20.5. The molecule has 6 nitrogen and oxygen atoms in total. The van der Waals surface area contributed by atoms with Gasteiger partial charge in [-0.3, -0.25) is 4.98 Å². The van der Waals surface area contributed by atoms with Crippen molar-refractivity contribution in [3.05, 3.63) is 208 Å². The van der Waals surface area contributed by atoms with Gasteiger partial charge in [0.1, 0.15) is 17.2 Å². The minimum absolute atomic E-state index is 0.0304. The molecule has 0 unspecified atom stereocenters. The average molecular weight is 842 g/mol. The SMILES string of the molecule is Cc1cccc(C)c1-c1cn(-c2cccc(Oc3cccc(C4(c5ccccn5)c5cc(C(C)(C)C)ccc5N(c5ccc(C(C)(C)C)cc5)c5ccc(C(C)(C)C)cc54)c3)c2)nn1. The fourth-order valence-electron chi connectivity index (χ4n) is 9.32. The van der Waals surface area contributed by atoms with Gasteiger partial charge in [-0.2, -0.15) is 0 Å². The van der Waals surface area contributed by atoms with E-state index in [0.717, 1.165) is 51.0 Å². The normalized spacial score (nSPS) is 13.6. The molecule has 6 heteroatoms. The van der Waals surface area contributed by atoms with Gasteiger partial charge in [-0.1, -0.05) is 146 Å². The van der Waals surface area contributed by atoms with Crippen LogP contribution in [0.2, 0.25) is 0 Å². The van der Waals surface area contributed by atoms with E-state index in [0.29, 0.717) is 5.75 Å². The Morgan fingerprint density at radius 3 is 1.66 bits per heavy atom. The topological polar surface area (TPSA) is 56.1 Å². The number of rotatable bonds is 7. The van der Waals surface area contributed by atoms with Crippen LogP contribution in [0.1, 0.15) is 113 Å². The van der Waals surface area contributed by atoms with Crippen molar-refractivity contribution in [1.82, 2.24) is 20.0 Å². The zero-order valence-electron chi connectivity index (χ0n) is 39.2. The third-order valence-electron chi connectivity index (χ3n) is 12.9. The van der Waals surface area contributed by atoms with Crippen LogP contribution in [0.25, 0.3) is 16.9 Å². The number of ether oxygens (including phenoxy) is 1. The van der Waals surface area contributed by atoms with Crippen molar-refractivity contribution in [1.29, 1.82) is 0 Å². The molecule has 2 aromatic heterocycles. The molecule has 0 N–H and O–H groups in total. The number of aryl methyl sites for hydroxylation is 2. The first-order valence-corrected chi connectivity index (χ1v) is 22.4. The van der Waals surface area contributed by atoms with Crippen LogP contribution >= 0.6 is 0 Å². The standard InChI is InChI=1S/C58H59N5O/c1-38-17-14-18-39(2)54(38)50-37-62(61-60-50)45-20-16-22-47(36-45)64-46-21-15-19-43(33-46)58(53-23-12-13-32-59-53)48-34-41(56(6,7)8)26-30-51(48)63(44-28-24-40(25-29-44)55(3,4)5)52-31-27-42(35-49(52)58)57(9,10)11/h12-37H,1-11H3. The van der Waals surface area contributed by atoms with E-state index in [9.17, 15) is 0 Å². The van der Waals surface area contributed by atoms with Gasteiger partial charge >= 0.3 is 0 Å². The maximum atomic E-state index is 6.85. The number of benzene rings is 6. The zero-order chi connectivity index (χ0) is 45.2. The Bertz CT molecular complexity index is 2910. The largest absolute Gasteiger partial charge is 0.457 e. The highest BCUT2D eigenvalue weighted by atomic mass is 16.5. The fraction of sp³-hybridized carbons (Fsp3) is 0.259. The molecule has 1 aliphatic heterocycles. The van der Waals surface area contributed by atoms with Gasteiger partial charge in [0.15, 0.2) is 0 Å². The molecule has 0 saturated heterocycles. The predicted molar refractivity (Wildman–Crippen MR) is 263 cm³/mol. The molecule has 0 spiro atoms. The summed E-state index contributed by atoms with van der Waals surface area (Å²) in [5, 5.41) is 9.12. The Hall–Kier alpha value is -6.79. The van der Waals surface area contributed by atoms with E-state index in [1.807, 2.05) is 53.5 Å². The van der Waals surface area contributed by atoms with E-state index in [1.165, 1.54) is 38.9 Å². The Kier molecular flexibility index (Phi) is 10.5. The van der Waals surface area contributed by atoms with Crippen molar-refractivity contribution in [3.8, 4) is 28.4 Å². The van der Waals surface area contributed by atoms with Crippen LogP contribution in [0.4, 0.5) is 17.1 Å². The maximum Gasteiger partial charge on any atom is 0.129 e. The van der Waals surface area contributed by atoms with Crippen molar-refractivity contribution < 1.29 is 4.74 Å². The number of nitrogens with zero attached hydrogens (tertiary/aromatic N) is 5. The summed E-state index contributed by atoms with van der Waals surface area (Å²) in [7, 11) is 0. The van der Waals surface area contributed by atoms with Crippen molar-refractivity contribution in [3.63, 3.8) is 0 Å². The third kappa shape index (κ3) is 7.59. The second-order valence-electron chi connectivity index (χ2n) is 20.5. The molecular formula is C58H59N5O. The van der Waals surface area contributed by atoms with Crippen LogP contribution in [-0.2, 0) is 21.7 Å². The minimum atomic E-state index is -0.831. The molecule has 8 aromatic rings. The summed E-state index contributed by atoms with van der Waals surface area (Å²) in [5.74, 6) is 1.42. The highest BCUT2D eigenvalue weighted by Crippen LogP contribution is 2.59. The van der Waals surface area contributed by atoms with E-state index in [-0.39, 0.29) is 16.2 Å². The summed E-state index contributed by atoms with van der Waals surface area (Å²) < 4.78 is 8.67. The number of hydrogen-bond donors (Lipinski definition) is 0. The molecule has 64 heavy (non-hydrogen) atoms. The van der Waals surface area contributed by atoms with Crippen LogP contribution < -0.4 is 9.64 Å². The monoisotopic (exact) mass is 841 g/mol. The van der Waals surface area contributed by atoms with Crippen LogP contribution in [0.5, 0.6) is 11.5 Å². The zero-order valence-corrected chi connectivity index (χ0v) is 39.2. The highest BCUT2D eigenvalue weighted by Gasteiger charge is 2.48. The molecule has 0 bridgehead atoms. The molecule has 322 valence electrons. The van der Waals surface area contributed by atoms with E-state index in [4.69, 9.17) is 9.72 Å². The predicted octanol–water partition coefficient (Wildman–Crippen LogP) is 14.8. The van der Waals surface area contributed by atoms with Crippen LogP contribution in [0.3, 0.4) is 0 Å². The first kappa shape index (κ1) is 42.5. The third-order valence-corrected chi connectivity index (χ3v) is 12.9. The number of pyridine rings is 1. The van der Waals surface area contributed by atoms with Crippen LogP contribution in [0, 0.1) is 13.8 Å². The molecule has 0 amide bonds. The Labute approximate surface area is 379 Å². The van der Waals surface area contributed by atoms with Gasteiger partial charge in [-0.05, 0) is 135 Å². The van der Waals surface area contributed by atoms with Gasteiger partial charge in [0.2, 0.25) is 0 Å². The van der Waals surface area contributed by atoms with Gasteiger partial charge in [0, 0.05) is 23.5 Å². The smallest absolute Gasteiger partial charge is 0.129 e. The van der Waals surface area contributed by atoms with Gasteiger partial charge in [-0.25, -0.2) is 4.68 Å². The Morgan fingerprint density at radius 1 is 0.516 bits per heavy atom. The highest BCUT2D eigenvalue weighted by molar-refractivity contribution is 5.90. The van der Waals surface area contributed by atoms with Crippen LogP contribution in [-0.4, -0.2) is 20.0 Å². The van der Waals surface area contributed by atoms with Gasteiger partial charge in [0.05, 0.1) is 34.4 Å². The molecule has 0 radical (unpaired) electrons. The molecule has 6 aromatic carbocycles. The maximum absolute atomic E-state index is 6.85. The van der Waals surface area contributed by atoms with E-state index < -0.39 is 5.41 Å². The molecule has 1 aliphatic rings. The van der Waals surface area contributed by atoms with Crippen molar-refractivity contribution in [2.24, 2.45) is 0 Å². The summed E-state index contributed by atoms with van der Waals surface area (Å²) in [5.41, 5.74) is 15.6. The molecule has 9 rings (SSSR count). The lowest BCUT2D eigenvalue weighted by Crippen LogP contribution is -2.39. The van der Waals surface area contributed by atoms with E-state index in [1.54, 1.807) is 0 Å². The summed E-state index contributed by atoms with van der Waals surface area (Å²) in [6.45, 7) is 24.8. The number of fused-ring (bicyclic) bond motifs is 2. The first-order valence-electron chi connectivity index (χ1n) is 22.4. The molecule has 0 fully saturated rings. The quantitative estimate of drug-likeness (QED) is 0.160. The summed E-state index contributed by atoms with van der Waals surface area (Å²) in [6, 6.07) is 52.5. The summed E-state index contributed by atoms with van der Waals surface area (Å²) in [6.07, 6.45) is 3.92. The lowest BCUT2D eigenvalue weighted by molar-refractivity contribution is 0.480. The lowest BCUT2D eigenvalue weighted by atomic mass is 9.62. The lowest BCUT2D eigenvalue weighted by Gasteiger charge is -2.47. The first-order chi connectivity index (χ1) is 30.4. The second kappa shape index (κ2) is 15.8. The number of aromatic nitrogens is 4. The molecular weight excluding hydrogens is 783 g/mol. The minimum Gasteiger partial charge on any atom is -0.457 e. The number of anilines is 3. The van der Waals surface area contributed by atoms with E-state index in [2.05, 4.69) is 201 Å². The fourth-order valence-corrected chi connectivity index (χ4v) is 9.32. The number of hydrogen-bond acceptors (Lipinski definition) is 5. The molecule has 0 saturated carbocycles. The summed E-state index contributed by atoms with van der Waals surface area (Å²) in [4.78, 5) is 7.74. The van der Waals surface area contributed by atoms with Crippen molar-refractivity contribution in [2.75, 3.05) is 4.90 Å². The van der Waals surface area contributed by atoms with Crippen molar-refractivity contribution >= 4 is 17.1 Å². The van der Waals surface area contributed by atoms with Gasteiger partial charge < -0.3 is 9.64 Å².